The number of aromatic hydroxyl groups is 1. The Labute approximate surface area is 133 Å². The number of hydrogen-bond donors (Lipinski definition) is 1. The maximum Gasteiger partial charge on any atom is 0.434 e. The molecule has 2 heterocycles. The molecule has 0 aliphatic rings. The van der Waals surface area contributed by atoms with Crippen LogP contribution in [0.4, 0.5) is 13.2 Å². The molecule has 1 N–H and O–H groups in total. The van der Waals surface area contributed by atoms with Crippen molar-refractivity contribution in [2.75, 3.05) is 7.11 Å². The lowest BCUT2D eigenvalue weighted by Gasteiger charge is -2.14. The number of pyridine rings is 1. The Balaban J connectivity index is 2.43. The molecule has 0 bridgehead atoms. The summed E-state index contributed by atoms with van der Waals surface area (Å²) in [6, 6.07) is 7.73. The molecule has 0 aliphatic carbocycles. The fourth-order valence-electron chi connectivity index (χ4n) is 2.37. The zero-order chi connectivity index (χ0) is 17.5. The van der Waals surface area contributed by atoms with Gasteiger partial charge in [-0.2, -0.15) is 13.2 Å². The van der Waals surface area contributed by atoms with E-state index in [4.69, 9.17) is 4.74 Å². The van der Waals surface area contributed by atoms with Crippen molar-refractivity contribution < 1.29 is 23.0 Å². The third-order valence-electron chi connectivity index (χ3n) is 3.44. The van der Waals surface area contributed by atoms with E-state index in [1.54, 1.807) is 0 Å². The predicted octanol–water partition coefficient (Wildman–Crippen LogP) is 3.09. The quantitative estimate of drug-likeness (QED) is 0.781. The van der Waals surface area contributed by atoms with Gasteiger partial charge in [0, 0.05) is 12.3 Å². The van der Waals surface area contributed by atoms with Crippen LogP contribution in [0.5, 0.6) is 11.5 Å². The average Bonchev–Trinajstić information content (AvgIpc) is 2.53. The number of methoxy groups -OCH3 is 1. The van der Waals surface area contributed by atoms with Crippen molar-refractivity contribution in [2.45, 2.75) is 6.18 Å². The number of ether oxygens (including phenoxy) is 1. The number of alkyl halides is 3. The first-order valence-electron chi connectivity index (χ1n) is 6.78. The zero-order valence-corrected chi connectivity index (χ0v) is 12.3. The number of nitrogens with zero attached hydrogens (tertiary/aromatic N) is 2. The molecule has 0 aliphatic heterocycles. The number of aromatic nitrogens is 2. The summed E-state index contributed by atoms with van der Waals surface area (Å²) in [6.45, 7) is 0. The first kappa shape index (κ1) is 15.9. The first-order valence-corrected chi connectivity index (χ1v) is 6.78. The molecular weight excluding hydrogens is 325 g/mol. The van der Waals surface area contributed by atoms with Gasteiger partial charge in [-0.1, -0.05) is 12.1 Å². The van der Waals surface area contributed by atoms with Gasteiger partial charge in [-0.25, -0.2) is 4.98 Å². The van der Waals surface area contributed by atoms with Crippen molar-refractivity contribution in [2.24, 2.45) is 0 Å². The lowest BCUT2D eigenvalue weighted by atomic mass is 10.0. The normalized spacial score (nSPS) is 11.7. The minimum Gasteiger partial charge on any atom is -0.508 e. The number of hydrogen-bond acceptors (Lipinski definition) is 4. The van der Waals surface area contributed by atoms with Crippen molar-refractivity contribution in [3.63, 3.8) is 0 Å². The second-order valence-corrected chi connectivity index (χ2v) is 4.98. The fourth-order valence-corrected chi connectivity index (χ4v) is 2.37. The SMILES string of the molecule is COc1ccn2c(=O)c(-c3cccc(O)c3)c(C(F)(F)F)nc2c1. The summed E-state index contributed by atoms with van der Waals surface area (Å²) in [5.41, 5.74) is -3.08. The number of phenols is 1. The van der Waals surface area contributed by atoms with Gasteiger partial charge in [-0.3, -0.25) is 9.20 Å². The molecule has 0 saturated carbocycles. The molecule has 0 spiro atoms. The van der Waals surface area contributed by atoms with Crippen LogP contribution in [0.15, 0.2) is 47.4 Å². The van der Waals surface area contributed by atoms with E-state index in [0.29, 0.717) is 0 Å². The lowest BCUT2D eigenvalue weighted by Crippen LogP contribution is -2.24. The van der Waals surface area contributed by atoms with Gasteiger partial charge in [-0.05, 0) is 23.8 Å². The summed E-state index contributed by atoms with van der Waals surface area (Å²) in [5.74, 6) is 0.0278. The van der Waals surface area contributed by atoms with Crippen LogP contribution in [0.25, 0.3) is 16.8 Å². The Morgan fingerprint density at radius 1 is 1.21 bits per heavy atom. The van der Waals surface area contributed by atoms with Crippen LogP contribution >= 0.6 is 0 Å². The number of benzene rings is 1. The first-order chi connectivity index (χ1) is 11.3. The zero-order valence-electron chi connectivity index (χ0n) is 12.3. The number of phenolic OH excluding ortho intramolecular Hbond substituents is 1. The summed E-state index contributed by atoms with van der Waals surface area (Å²) in [7, 11) is 1.36. The van der Waals surface area contributed by atoms with Gasteiger partial charge < -0.3 is 9.84 Å². The van der Waals surface area contributed by atoms with Gasteiger partial charge in [-0.15, -0.1) is 0 Å². The van der Waals surface area contributed by atoms with Crippen molar-refractivity contribution >= 4 is 5.65 Å². The summed E-state index contributed by atoms with van der Waals surface area (Å²) < 4.78 is 46.2. The minimum absolute atomic E-state index is 0.0648. The van der Waals surface area contributed by atoms with E-state index in [9.17, 15) is 23.1 Å². The monoisotopic (exact) mass is 336 g/mol. The topological polar surface area (TPSA) is 63.8 Å². The van der Waals surface area contributed by atoms with Gasteiger partial charge >= 0.3 is 6.18 Å². The molecule has 0 saturated heterocycles. The fraction of sp³-hybridized carbons (Fsp3) is 0.125. The molecule has 3 aromatic rings. The molecule has 8 heteroatoms. The Morgan fingerprint density at radius 3 is 2.58 bits per heavy atom. The highest BCUT2D eigenvalue weighted by molar-refractivity contribution is 5.68. The molecule has 0 unspecified atom stereocenters. The van der Waals surface area contributed by atoms with E-state index >= 15 is 0 Å². The molecule has 0 radical (unpaired) electrons. The van der Waals surface area contributed by atoms with Gasteiger partial charge in [0.15, 0.2) is 5.69 Å². The molecule has 5 nitrogen and oxygen atoms in total. The molecule has 24 heavy (non-hydrogen) atoms. The van der Waals surface area contributed by atoms with E-state index in [1.807, 2.05) is 0 Å². The van der Waals surface area contributed by atoms with Crippen molar-refractivity contribution in [1.82, 2.24) is 9.38 Å². The Kier molecular flexibility index (Phi) is 3.67. The maximum absolute atomic E-state index is 13.4. The van der Waals surface area contributed by atoms with Crippen molar-refractivity contribution in [1.29, 1.82) is 0 Å². The largest absolute Gasteiger partial charge is 0.508 e. The Hall–Kier alpha value is -3.03. The number of rotatable bonds is 2. The van der Waals surface area contributed by atoms with Crippen LogP contribution in [-0.4, -0.2) is 21.6 Å². The van der Waals surface area contributed by atoms with E-state index in [-0.39, 0.29) is 22.7 Å². The van der Waals surface area contributed by atoms with Crippen LogP contribution in [-0.2, 0) is 6.18 Å². The van der Waals surface area contributed by atoms with Crippen LogP contribution in [0.1, 0.15) is 5.69 Å². The Morgan fingerprint density at radius 2 is 1.96 bits per heavy atom. The predicted molar refractivity (Wildman–Crippen MR) is 80.1 cm³/mol. The van der Waals surface area contributed by atoms with E-state index < -0.39 is 23.0 Å². The second kappa shape index (κ2) is 5.55. The number of halogens is 3. The van der Waals surface area contributed by atoms with E-state index in [0.717, 1.165) is 10.5 Å². The molecule has 1 aromatic carbocycles. The molecule has 3 rings (SSSR count). The van der Waals surface area contributed by atoms with Crippen LogP contribution in [0.2, 0.25) is 0 Å². The van der Waals surface area contributed by atoms with Crippen LogP contribution in [0, 0.1) is 0 Å². The minimum atomic E-state index is -4.84. The number of fused-ring (bicyclic) bond motifs is 1. The highest BCUT2D eigenvalue weighted by Gasteiger charge is 2.38. The van der Waals surface area contributed by atoms with Gasteiger partial charge in [0.1, 0.15) is 17.1 Å². The highest BCUT2D eigenvalue weighted by atomic mass is 19.4. The maximum atomic E-state index is 13.4. The third kappa shape index (κ3) is 2.66. The molecular formula is C16H11F3N2O3. The lowest BCUT2D eigenvalue weighted by molar-refractivity contribution is -0.140. The van der Waals surface area contributed by atoms with Crippen LogP contribution in [0.3, 0.4) is 0 Å². The standard InChI is InChI=1S/C16H11F3N2O3/c1-24-11-5-6-21-12(8-11)20-14(16(17,18)19)13(15(21)23)9-3-2-4-10(22)7-9/h2-8,22H,1H3. The van der Waals surface area contributed by atoms with Gasteiger partial charge in [0.25, 0.3) is 5.56 Å². The summed E-state index contributed by atoms with van der Waals surface area (Å²) in [6.07, 6.45) is -3.55. The smallest absolute Gasteiger partial charge is 0.434 e. The molecule has 2 aromatic heterocycles. The van der Waals surface area contributed by atoms with E-state index in [1.165, 1.54) is 43.6 Å². The third-order valence-corrected chi connectivity index (χ3v) is 3.44. The molecule has 0 atom stereocenters. The van der Waals surface area contributed by atoms with E-state index in [2.05, 4.69) is 4.98 Å². The summed E-state index contributed by atoms with van der Waals surface area (Å²) in [4.78, 5) is 16.2. The molecule has 0 amide bonds. The van der Waals surface area contributed by atoms with Crippen molar-refractivity contribution in [3.8, 4) is 22.6 Å². The molecule has 124 valence electrons. The highest BCUT2D eigenvalue weighted by Crippen LogP contribution is 2.35. The van der Waals surface area contributed by atoms with Crippen molar-refractivity contribution in [3.05, 3.63) is 58.6 Å². The van der Waals surface area contributed by atoms with Gasteiger partial charge in [0.05, 0.1) is 12.7 Å². The van der Waals surface area contributed by atoms with Crippen LogP contribution < -0.4 is 10.3 Å². The Bertz CT molecular complexity index is 980. The van der Waals surface area contributed by atoms with Gasteiger partial charge in [0.2, 0.25) is 0 Å². The second-order valence-electron chi connectivity index (χ2n) is 4.98. The summed E-state index contributed by atoms with van der Waals surface area (Å²) in [5, 5.41) is 9.51. The average molecular weight is 336 g/mol. The summed E-state index contributed by atoms with van der Waals surface area (Å²) >= 11 is 0. The molecule has 0 fully saturated rings.